The van der Waals surface area contributed by atoms with Crippen molar-refractivity contribution in [2.45, 2.75) is 39.2 Å². The molecule has 1 amide bonds. The SMILES string of the molecule is Cc1cccc(C)c1Oc1c(-c2cn(C)c(=O)c3[nH]c(C(=O)N[C@@H]4CC5CC4C5)cc23)ccn(C)c1=O. The zero-order valence-corrected chi connectivity index (χ0v) is 21.4. The van der Waals surface area contributed by atoms with Crippen molar-refractivity contribution < 1.29 is 9.53 Å². The first kappa shape index (κ1) is 23.3. The summed E-state index contributed by atoms with van der Waals surface area (Å²) in [5.41, 5.74) is 3.12. The van der Waals surface area contributed by atoms with E-state index in [1.807, 2.05) is 38.1 Å². The van der Waals surface area contributed by atoms with Crippen LogP contribution in [0.3, 0.4) is 0 Å². The molecule has 0 radical (unpaired) electrons. The maximum absolute atomic E-state index is 13.3. The van der Waals surface area contributed by atoms with E-state index in [2.05, 4.69) is 10.3 Å². The number of aromatic amines is 1. The number of carbonyl (C=O) groups excluding carboxylic acids is 1. The van der Waals surface area contributed by atoms with E-state index in [1.165, 1.54) is 22.0 Å². The van der Waals surface area contributed by atoms with Crippen LogP contribution in [0.1, 0.15) is 40.9 Å². The zero-order chi connectivity index (χ0) is 26.0. The first-order valence-corrected chi connectivity index (χ1v) is 12.7. The summed E-state index contributed by atoms with van der Waals surface area (Å²) in [6, 6.07) is 9.53. The number of rotatable bonds is 5. The molecule has 8 nitrogen and oxygen atoms in total. The molecule has 0 spiro atoms. The highest BCUT2D eigenvalue weighted by atomic mass is 16.5. The average Bonchev–Trinajstić information content (AvgIpc) is 3.55. The van der Waals surface area contributed by atoms with Gasteiger partial charge in [0, 0.05) is 49.0 Å². The van der Waals surface area contributed by atoms with Gasteiger partial charge in [-0.3, -0.25) is 14.4 Å². The van der Waals surface area contributed by atoms with Crippen LogP contribution >= 0.6 is 0 Å². The van der Waals surface area contributed by atoms with Crippen LogP contribution in [0, 0.1) is 25.7 Å². The highest BCUT2D eigenvalue weighted by Gasteiger charge is 2.44. The molecule has 3 aromatic heterocycles. The Morgan fingerprint density at radius 3 is 2.38 bits per heavy atom. The van der Waals surface area contributed by atoms with Crippen molar-refractivity contribution in [2.75, 3.05) is 0 Å². The number of ether oxygens (including phenoxy) is 1. The van der Waals surface area contributed by atoms with Gasteiger partial charge in [-0.15, -0.1) is 0 Å². The minimum atomic E-state index is -0.295. The lowest BCUT2D eigenvalue weighted by molar-refractivity contribution is 0.0924. The van der Waals surface area contributed by atoms with Crippen molar-refractivity contribution in [3.63, 3.8) is 0 Å². The summed E-state index contributed by atoms with van der Waals surface area (Å²) in [5.74, 6) is 1.87. The summed E-state index contributed by atoms with van der Waals surface area (Å²) in [4.78, 5) is 42.5. The third-order valence-electron chi connectivity index (χ3n) is 8.08. The van der Waals surface area contributed by atoms with Crippen molar-refractivity contribution in [3.05, 3.63) is 80.3 Å². The normalized spacial score (nSPS) is 20.2. The highest BCUT2D eigenvalue weighted by molar-refractivity contribution is 6.03. The van der Waals surface area contributed by atoms with Crippen molar-refractivity contribution >= 4 is 16.8 Å². The number of aromatic nitrogens is 3. The van der Waals surface area contributed by atoms with Gasteiger partial charge in [0.15, 0.2) is 5.75 Å². The van der Waals surface area contributed by atoms with Crippen LogP contribution < -0.4 is 21.2 Å². The molecule has 4 aromatic rings. The van der Waals surface area contributed by atoms with Crippen LogP contribution in [0.15, 0.2) is 52.3 Å². The Morgan fingerprint density at radius 2 is 1.70 bits per heavy atom. The molecule has 0 saturated heterocycles. The number of fused-ring (bicyclic) bond motifs is 2. The number of nitrogens with one attached hydrogen (secondary N) is 2. The van der Waals surface area contributed by atoms with E-state index in [1.54, 1.807) is 32.6 Å². The van der Waals surface area contributed by atoms with Crippen LogP contribution in [0.5, 0.6) is 11.5 Å². The standard InChI is InChI=1S/C29H30N4O4/c1-15-6-5-7-16(2)25(15)37-26-19(8-9-32(3)29(26)36)21-14-33(4)28(35)24-20(21)13-23(30-24)27(34)31-22-12-17-10-18(22)11-17/h5-9,13-14,17-18,22,30H,10-12H2,1-4H3,(H,31,34)/t17?,18?,22-/m1/s1. The van der Waals surface area contributed by atoms with E-state index >= 15 is 0 Å². The molecular formula is C29H30N4O4. The largest absolute Gasteiger partial charge is 0.450 e. The minimum Gasteiger partial charge on any atom is -0.450 e. The highest BCUT2D eigenvalue weighted by Crippen LogP contribution is 2.48. The van der Waals surface area contributed by atoms with Gasteiger partial charge in [0.05, 0.1) is 0 Å². The van der Waals surface area contributed by atoms with Crippen molar-refractivity contribution in [3.8, 4) is 22.6 Å². The number of hydrogen-bond donors (Lipinski definition) is 2. The predicted octanol–water partition coefficient (Wildman–Crippen LogP) is 4.17. The second kappa shape index (κ2) is 8.50. The smallest absolute Gasteiger partial charge is 0.293 e. The molecule has 37 heavy (non-hydrogen) atoms. The number of para-hydroxylation sites is 1. The number of H-pyrrole nitrogens is 1. The van der Waals surface area contributed by atoms with E-state index in [0.29, 0.717) is 39.4 Å². The summed E-state index contributed by atoms with van der Waals surface area (Å²) >= 11 is 0. The Morgan fingerprint density at radius 1 is 0.973 bits per heavy atom. The molecule has 0 unspecified atom stereocenters. The van der Waals surface area contributed by atoms with Crippen LogP contribution in [0.4, 0.5) is 0 Å². The topological polar surface area (TPSA) is 98.1 Å². The van der Waals surface area contributed by atoms with E-state index in [9.17, 15) is 14.4 Å². The molecule has 1 atom stereocenters. The van der Waals surface area contributed by atoms with Crippen LogP contribution in [-0.2, 0) is 14.1 Å². The summed E-state index contributed by atoms with van der Waals surface area (Å²) in [7, 11) is 3.33. The Labute approximate surface area is 213 Å². The van der Waals surface area contributed by atoms with Gasteiger partial charge in [0.1, 0.15) is 17.0 Å². The fourth-order valence-corrected chi connectivity index (χ4v) is 5.93. The Kier molecular flexibility index (Phi) is 5.36. The van der Waals surface area contributed by atoms with Gasteiger partial charge in [-0.2, -0.15) is 0 Å². The van der Waals surface area contributed by atoms with Gasteiger partial charge >= 0.3 is 0 Å². The molecule has 8 heteroatoms. The lowest BCUT2D eigenvalue weighted by Gasteiger charge is -2.24. The number of pyridine rings is 2. The second-order valence-electron chi connectivity index (χ2n) is 10.6. The lowest BCUT2D eigenvalue weighted by atomic mass is 9.84. The molecule has 3 aliphatic rings. The van der Waals surface area contributed by atoms with E-state index < -0.39 is 0 Å². The van der Waals surface area contributed by atoms with Crippen LogP contribution in [0.2, 0.25) is 0 Å². The first-order valence-electron chi connectivity index (χ1n) is 12.7. The number of nitrogens with zero attached hydrogens (tertiary/aromatic N) is 2. The molecular weight excluding hydrogens is 468 g/mol. The molecule has 3 fully saturated rings. The van der Waals surface area contributed by atoms with Crippen molar-refractivity contribution in [1.29, 1.82) is 0 Å². The van der Waals surface area contributed by atoms with Gasteiger partial charge in [-0.1, -0.05) is 18.2 Å². The molecule has 1 aromatic carbocycles. The lowest BCUT2D eigenvalue weighted by Crippen LogP contribution is -2.36. The molecule has 7 rings (SSSR count). The molecule has 3 heterocycles. The van der Waals surface area contributed by atoms with E-state index in [0.717, 1.165) is 23.5 Å². The Hall–Kier alpha value is -4.07. The molecule has 3 aliphatic carbocycles. The zero-order valence-electron chi connectivity index (χ0n) is 21.4. The quantitative estimate of drug-likeness (QED) is 0.432. The number of hydrogen-bond acceptors (Lipinski definition) is 4. The summed E-state index contributed by atoms with van der Waals surface area (Å²) < 4.78 is 9.23. The fourth-order valence-electron chi connectivity index (χ4n) is 5.93. The monoisotopic (exact) mass is 498 g/mol. The summed E-state index contributed by atoms with van der Waals surface area (Å²) in [6.45, 7) is 3.87. The number of benzene rings is 1. The van der Waals surface area contributed by atoms with Crippen molar-refractivity contribution in [2.24, 2.45) is 25.9 Å². The molecule has 2 bridgehead atoms. The molecule has 0 aliphatic heterocycles. The summed E-state index contributed by atoms with van der Waals surface area (Å²) in [6.07, 6.45) is 6.77. The number of aryl methyl sites for hydroxylation is 4. The minimum absolute atomic E-state index is 0.167. The third kappa shape index (κ3) is 3.79. The molecule has 190 valence electrons. The predicted molar refractivity (Wildman–Crippen MR) is 142 cm³/mol. The van der Waals surface area contributed by atoms with Gasteiger partial charge in [0.25, 0.3) is 17.0 Å². The molecule has 2 N–H and O–H groups in total. The van der Waals surface area contributed by atoms with Gasteiger partial charge in [-0.05, 0) is 68.2 Å². The number of amides is 1. The maximum atomic E-state index is 13.3. The second-order valence-corrected chi connectivity index (χ2v) is 10.6. The molecule has 3 saturated carbocycles. The number of carbonyl (C=O) groups is 1. The first-order chi connectivity index (χ1) is 17.7. The van der Waals surface area contributed by atoms with Gasteiger partial charge < -0.3 is 24.2 Å². The van der Waals surface area contributed by atoms with Gasteiger partial charge in [-0.25, -0.2) is 0 Å². The van der Waals surface area contributed by atoms with E-state index in [-0.39, 0.29) is 28.8 Å². The Balaban J connectivity index is 1.48. The summed E-state index contributed by atoms with van der Waals surface area (Å²) in [5, 5.41) is 3.73. The third-order valence-corrected chi connectivity index (χ3v) is 8.08. The average molecular weight is 499 g/mol. The van der Waals surface area contributed by atoms with Crippen LogP contribution in [-0.4, -0.2) is 26.1 Å². The van der Waals surface area contributed by atoms with Crippen LogP contribution in [0.25, 0.3) is 22.0 Å². The Bertz CT molecular complexity index is 1670. The van der Waals surface area contributed by atoms with E-state index in [4.69, 9.17) is 4.74 Å². The maximum Gasteiger partial charge on any atom is 0.293 e. The van der Waals surface area contributed by atoms with Gasteiger partial charge in [0.2, 0.25) is 0 Å². The fraction of sp³-hybridized carbons (Fsp3) is 0.345. The van der Waals surface area contributed by atoms with Crippen molar-refractivity contribution in [1.82, 2.24) is 19.4 Å².